The van der Waals surface area contributed by atoms with E-state index in [9.17, 15) is 4.79 Å². The number of rotatable bonds is 8. The second-order valence-corrected chi connectivity index (χ2v) is 5.68. The second-order valence-electron chi connectivity index (χ2n) is 5.68. The van der Waals surface area contributed by atoms with Crippen molar-refractivity contribution in [1.82, 2.24) is 0 Å². The van der Waals surface area contributed by atoms with Gasteiger partial charge in [-0.1, -0.05) is 19.4 Å². The topological polar surface area (TPSA) is 57.1 Å². The Hall–Kier alpha value is -1.88. The molecule has 1 aromatic carbocycles. The number of unbranched alkanes of at least 4 members (excludes halogenated alkanes) is 1. The van der Waals surface area contributed by atoms with Gasteiger partial charge in [-0.2, -0.15) is 0 Å². The monoisotopic (exact) mass is 319 g/mol. The predicted octanol–water partition coefficient (Wildman–Crippen LogP) is 3.27. The molecule has 5 nitrogen and oxygen atoms in total. The fraction of sp³-hybridized carbons (Fsp3) is 0.556. The first-order valence-electron chi connectivity index (χ1n) is 8.18. The maximum Gasteiger partial charge on any atom is 0.308 e. The van der Waals surface area contributed by atoms with Crippen LogP contribution in [-0.4, -0.2) is 37.7 Å². The number of esters is 1. The lowest BCUT2D eigenvalue weighted by Gasteiger charge is -2.10. The summed E-state index contributed by atoms with van der Waals surface area (Å²) in [6, 6.07) is 5.67. The van der Waals surface area contributed by atoms with Crippen LogP contribution in [0, 0.1) is 6.92 Å². The van der Waals surface area contributed by atoms with Gasteiger partial charge in [-0.25, -0.2) is 4.99 Å². The van der Waals surface area contributed by atoms with E-state index in [4.69, 9.17) is 14.2 Å². The summed E-state index contributed by atoms with van der Waals surface area (Å²) >= 11 is 0. The number of hydrogen-bond donors (Lipinski definition) is 0. The normalized spacial score (nSPS) is 16.8. The van der Waals surface area contributed by atoms with Crippen molar-refractivity contribution in [2.75, 3.05) is 19.8 Å². The lowest BCUT2D eigenvalue weighted by Crippen LogP contribution is -2.10. The minimum Gasteiger partial charge on any atom is -0.475 e. The van der Waals surface area contributed by atoms with Crippen molar-refractivity contribution in [1.29, 1.82) is 0 Å². The van der Waals surface area contributed by atoms with Crippen LogP contribution < -0.4 is 4.74 Å². The standard InChI is InChI=1S/C18H25NO4/c1-4-5-10-21-11-9-15-12-22-18(19-15)16-7-6-8-17(13(16)2)23-14(3)20/h6-8,15H,4-5,9-12H2,1-3H3/t15-/m1/s1. The summed E-state index contributed by atoms with van der Waals surface area (Å²) in [7, 11) is 0. The van der Waals surface area contributed by atoms with E-state index >= 15 is 0 Å². The van der Waals surface area contributed by atoms with E-state index in [0.29, 0.717) is 24.9 Å². The SMILES string of the molecule is CCCCOCC[C@@H]1COC(c2cccc(OC(C)=O)c2C)=N1. The Morgan fingerprint density at radius 2 is 2.22 bits per heavy atom. The van der Waals surface area contributed by atoms with Crippen molar-refractivity contribution in [3.05, 3.63) is 29.3 Å². The third kappa shape index (κ3) is 5.06. The Labute approximate surface area is 137 Å². The molecule has 126 valence electrons. The van der Waals surface area contributed by atoms with Gasteiger partial charge in [-0.3, -0.25) is 4.79 Å². The maximum atomic E-state index is 11.1. The van der Waals surface area contributed by atoms with Gasteiger partial charge in [0, 0.05) is 31.3 Å². The highest BCUT2D eigenvalue weighted by Gasteiger charge is 2.22. The Morgan fingerprint density at radius 3 is 2.96 bits per heavy atom. The molecular formula is C18H25NO4. The van der Waals surface area contributed by atoms with Crippen molar-refractivity contribution < 1.29 is 19.0 Å². The highest BCUT2D eigenvalue weighted by atomic mass is 16.5. The molecule has 0 N–H and O–H groups in total. The number of ether oxygens (including phenoxy) is 3. The van der Waals surface area contributed by atoms with Gasteiger partial charge in [0.05, 0.1) is 6.04 Å². The quantitative estimate of drug-likeness (QED) is 0.419. The molecule has 1 aliphatic rings. The summed E-state index contributed by atoms with van der Waals surface area (Å²) in [5, 5.41) is 0. The molecule has 0 saturated heterocycles. The molecular weight excluding hydrogens is 294 g/mol. The van der Waals surface area contributed by atoms with Crippen LogP contribution in [0.3, 0.4) is 0 Å². The van der Waals surface area contributed by atoms with E-state index in [1.807, 2.05) is 19.1 Å². The van der Waals surface area contributed by atoms with Gasteiger partial charge in [-0.15, -0.1) is 0 Å². The zero-order valence-electron chi connectivity index (χ0n) is 14.1. The van der Waals surface area contributed by atoms with Crippen LogP contribution in [0.4, 0.5) is 0 Å². The van der Waals surface area contributed by atoms with Gasteiger partial charge in [0.1, 0.15) is 12.4 Å². The van der Waals surface area contributed by atoms with E-state index in [1.165, 1.54) is 6.92 Å². The molecule has 1 atom stereocenters. The molecule has 0 aromatic heterocycles. The molecule has 0 aliphatic carbocycles. The molecule has 1 heterocycles. The summed E-state index contributed by atoms with van der Waals surface area (Å²) in [5.74, 6) is 0.837. The predicted molar refractivity (Wildman–Crippen MR) is 89.1 cm³/mol. The minimum atomic E-state index is -0.332. The first-order valence-corrected chi connectivity index (χ1v) is 8.18. The highest BCUT2D eigenvalue weighted by molar-refractivity contribution is 5.97. The fourth-order valence-electron chi connectivity index (χ4n) is 2.39. The molecule has 0 saturated carbocycles. The van der Waals surface area contributed by atoms with Crippen molar-refractivity contribution in [2.24, 2.45) is 4.99 Å². The Kier molecular flexibility index (Phi) is 6.59. The molecule has 0 amide bonds. The van der Waals surface area contributed by atoms with Crippen LogP contribution >= 0.6 is 0 Å². The van der Waals surface area contributed by atoms with Crippen LogP contribution in [0.25, 0.3) is 0 Å². The molecule has 1 aromatic rings. The van der Waals surface area contributed by atoms with E-state index in [0.717, 1.165) is 37.0 Å². The average Bonchev–Trinajstić information content (AvgIpc) is 2.97. The molecule has 2 rings (SSSR count). The van der Waals surface area contributed by atoms with Crippen LogP contribution in [0.2, 0.25) is 0 Å². The van der Waals surface area contributed by atoms with E-state index in [1.54, 1.807) is 6.07 Å². The summed E-state index contributed by atoms with van der Waals surface area (Å²) < 4.78 is 16.5. The minimum absolute atomic E-state index is 0.128. The number of carbonyl (C=O) groups excluding carboxylic acids is 1. The smallest absolute Gasteiger partial charge is 0.308 e. The number of benzene rings is 1. The van der Waals surface area contributed by atoms with Crippen LogP contribution in [-0.2, 0) is 14.3 Å². The number of carbonyl (C=O) groups is 1. The second kappa shape index (κ2) is 8.67. The largest absolute Gasteiger partial charge is 0.475 e. The number of aliphatic imine (C=N–C) groups is 1. The number of hydrogen-bond acceptors (Lipinski definition) is 5. The zero-order chi connectivity index (χ0) is 16.7. The highest BCUT2D eigenvalue weighted by Crippen LogP contribution is 2.25. The summed E-state index contributed by atoms with van der Waals surface area (Å²) in [5.41, 5.74) is 1.74. The van der Waals surface area contributed by atoms with Crippen molar-refractivity contribution in [2.45, 2.75) is 46.1 Å². The van der Waals surface area contributed by atoms with Crippen LogP contribution in [0.1, 0.15) is 44.2 Å². The van der Waals surface area contributed by atoms with Gasteiger partial charge < -0.3 is 14.2 Å². The third-order valence-corrected chi connectivity index (χ3v) is 3.72. The van der Waals surface area contributed by atoms with Crippen molar-refractivity contribution in [3.8, 4) is 5.75 Å². The molecule has 0 unspecified atom stereocenters. The molecule has 0 radical (unpaired) electrons. The lowest BCUT2D eigenvalue weighted by atomic mass is 10.1. The molecule has 1 aliphatic heterocycles. The molecule has 5 heteroatoms. The van der Waals surface area contributed by atoms with E-state index < -0.39 is 0 Å². The Bertz CT molecular complexity index is 568. The van der Waals surface area contributed by atoms with Crippen molar-refractivity contribution >= 4 is 11.9 Å². The molecule has 0 fully saturated rings. The fourth-order valence-corrected chi connectivity index (χ4v) is 2.39. The summed E-state index contributed by atoms with van der Waals surface area (Å²) in [6.07, 6.45) is 3.10. The summed E-state index contributed by atoms with van der Waals surface area (Å²) in [4.78, 5) is 15.8. The van der Waals surface area contributed by atoms with Gasteiger partial charge in [0.15, 0.2) is 0 Å². The Morgan fingerprint density at radius 1 is 1.39 bits per heavy atom. The first-order chi connectivity index (χ1) is 11.1. The maximum absolute atomic E-state index is 11.1. The zero-order valence-corrected chi connectivity index (χ0v) is 14.1. The average molecular weight is 319 g/mol. The van der Waals surface area contributed by atoms with Gasteiger partial charge in [0.2, 0.25) is 5.90 Å². The van der Waals surface area contributed by atoms with E-state index in [-0.39, 0.29) is 12.0 Å². The Balaban J connectivity index is 1.97. The van der Waals surface area contributed by atoms with Crippen LogP contribution in [0.15, 0.2) is 23.2 Å². The molecule has 0 bridgehead atoms. The number of nitrogens with zero attached hydrogens (tertiary/aromatic N) is 1. The van der Waals surface area contributed by atoms with Crippen LogP contribution in [0.5, 0.6) is 5.75 Å². The molecule has 23 heavy (non-hydrogen) atoms. The van der Waals surface area contributed by atoms with Gasteiger partial charge in [-0.05, 0) is 31.9 Å². The van der Waals surface area contributed by atoms with E-state index in [2.05, 4.69) is 11.9 Å². The van der Waals surface area contributed by atoms with Crippen molar-refractivity contribution in [3.63, 3.8) is 0 Å². The lowest BCUT2D eigenvalue weighted by molar-refractivity contribution is -0.131. The first kappa shape index (κ1) is 17.5. The third-order valence-electron chi connectivity index (χ3n) is 3.72. The summed E-state index contributed by atoms with van der Waals surface area (Å²) in [6.45, 7) is 7.53. The van der Waals surface area contributed by atoms with Gasteiger partial charge >= 0.3 is 5.97 Å². The molecule has 0 spiro atoms. The van der Waals surface area contributed by atoms with Gasteiger partial charge in [0.25, 0.3) is 0 Å².